The minimum Gasteiger partial charge on any atom is -0.502 e. The summed E-state index contributed by atoms with van der Waals surface area (Å²) in [7, 11) is 0. The highest BCUT2D eigenvalue weighted by molar-refractivity contribution is 6.30. The fourth-order valence-electron chi connectivity index (χ4n) is 3.23. The minimum absolute atomic E-state index is 0.0119. The molecular formula is C22H17ClN4O4. The van der Waals surface area contributed by atoms with Gasteiger partial charge in [-0.2, -0.15) is 0 Å². The van der Waals surface area contributed by atoms with Crippen LogP contribution in [0.1, 0.15) is 11.1 Å². The number of halogens is 1. The van der Waals surface area contributed by atoms with Crippen LogP contribution in [-0.2, 0) is 17.8 Å². The maximum absolute atomic E-state index is 12.9. The predicted molar refractivity (Wildman–Crippen MR) is 117 cm³/mol. The molecule has 0 bridgehead atoms. The van der Waals surface area contributed by atoms with E-state index in [-0.39, 0.29) is 24.2 Å². The molecule has 0 aliphatic heterocycles. The second-order valence-electron chi connectivity index (χ2n) is 6.92. The van der Waals surface area contributed by atoms with E-state index in [1.807, 2.05) is 6.07 Å². The lowest BCUT2D eigenvalue weighted by Gasteiger charge is -2.12. The average Bonchev–Trinajstić information content (AvgIpc) is 2.74. The number of hydrogen-bond acceptors (Lipinski definition) is 5. The molecule has 4 aromatic rings. The number of anilines is 1. The van der Waals surface area contributed by atoms with Crippen molar-refractivity contribution in [2.45, 2.75) is 13.0 Å². The van der Waals surface area contributed by atoms with E-state index >= 15 is 0 Å². The van der Waals surface area contributed by atoms with E-state index < -0.39 is 22.6 Å². The third-order valence-corrected chi connectivity index (χ3v) is 4.92. The lowest BCUT2D eigenvalue weighted by atomic mass is 10.2. The molecule has 0 atom stereocenters. The van der Waals surface area contributed by atoms with Crippen LogP contribution >= 0.6 is 11.6 Å². The maximum atomic E-state index is 12.9. The van der Waals surface area contributed by atoms with Gasteiger partial charge in [-0.05, 0) is 29.3 Å². The van der Waals surface area contributed by atoms with Crippen molar-refractivity contribution in [2.75, 3.05) is 5.32 Å². The van der Waals surface area contributed by atoms with E-state index in [2.05, 4.69) is 10.3 Å². The summed E-state index contributed by atoms with van der Waals surface area (Å²) < 4.78 is 2.67. The fraction of sp³-hybridized carbons (Fsp3) is 0.0909. The smallest absolute Gasteiger partial charge is 0.279 e. The summed E-state index contributed by atoms with van der Waals surface area (Å²) >= 11 is 5.99. The van der Waals surface area contributed by atoms with E-state index in [4.69, 9.17) is 11.6 Å². The Hall–Kier alpha value is -3.91. The quantitative estimate of drug-likeness (QED) is 0.500. The molecule has 0 saturated carbocycles. The molecule has 1 aromatic carbocycles. The summed E-state index contributed by atoms with van der Waals surface area (Å²) in [6.45, 7) is 0.215. The minimum atomic E-state index is -0.836. The van der Waals surface area contributed by atoms with Crippen molar-refractivity contribution in [1.82, 2.24) is 14.0 Å². The number of nitrogens with one attached hydrogen (secondary N) is 1. The van der Waals surface area contributed by atoms with Gasteiger partial charge in [0.1, 0.15) is 5.69 Å². The number of rotatable bonds is 5. The Labute approximate surface area is 181 Å². The van der Waals surface area contributed by atoms with Crippen LogP contribution in [0.25, 0.3) is 5.52 Å². The number of carbonyl (C=O) groups is 1. The number of pyridine rings is 2. The molecule has 2 N–H and O–H groups in total. The first-order chi connectivity index (χ1) is 14.9. The Morgan fingerprint density at radius 1 is 1.13 bits per heavy atom. The molecule has 0 aliphatic carbocycles. The van der Waals surface area contributed by atoms with Crippen LogP contribution in [0.3, 0.4) is 0 Å². The van der Waals surface area contributed by atoms with Crippen LogP contribution in [0, 0.1) is 0 Å². The monoisotopic (exact) mass is 436 g/mol. The molecule has 4 rings (SSSR count). The van der Waals surface area contributed by atoms with Gasteiger partial charge in [-0.1, -0.05) is 29.8 Å². The van der Waals surface area contributed by atoms with Gasteiger partial charge >= 0.3 is 0 Å². The number of amides is 1. The summed E-state index contributed by atoms with van der Waals surface area (Å²) in [5, 5.41) is 13.5. The van der Waals surface area contributed by atoms with E-state index in [9.17, 15) is 19.5 Å². The Bertz CT molecular complexity index is 1400. The lowest BCUT2D eigenvalue weighted by molar-refractivity contribution is -0.115. The molecule has 156 valence electrons. The SMILES string of the molecule is O=C(Cc1cccnc1)Nc1cn2ccn(Cc3cccc(Cl)c3)c(=O)c2c(O)c1=O. The fourth-order valence-corrected chi connectivity index (χ4v) is 3.45. The number of nitrogens with zero attached hydrogens (tertiary/aromatic N) is 3. The normalized spacial score (nSPS) is 10.9. The second-order valence-corrected chi connectivity index (χ2v) is 7.36. The van der Waals surface area contributed by atoms with Crippen molar-refractivity contribution in [1.29, 1.82) is 0 Å². The molecule has 1 amide bonds. The number of aromatic hydroxyl groups is 1. The Morgan fingerprint density at radius 3 is 2.68 bits per heavy atom. The molecule has 0 unspecified atom stereocenters. The Kier molecular flexibility index (Phi) is 5.55. The Balaban J connectivity index is 1.66. The number of carbonyl (C=O) groups excluding carboxylic acids is 1. The van der Waals surface area contributed by atoms with Crippen molar-refractivity contribution in [2.24, 2.45) is 0 Å². The first-order valence-corrected chi connectivity index (χ1v) is 9.71. The first-order valence-electron chi connectivity index (χ1n) is 9.33. The third kappa shape index (κ3) is 4.34. The molecule has 0 fully saturated rings. The van der Waals surface area contributed by atoms with Crippen LogP contribution in [0.4, 0.5) is 5.69 Å². The highest BCUT2D eigenvalue weighted by atomic mass is 35.5. The summed E-state index contributed by atoms with van der Waals surface area (Å²) in [6, 6.07) is 10.5. The summed E-state index contributed by atoms with van der Waals surface area (Å²) in [5.74, 6) is -1.18. The van der Waals surface area contributed by atoms with Crippen molar-refractivity contribution in [3.05, 3.63) is 104 Å². The van der Waals surface area contributed by atoms with Crippen LogP contribution in [-0.4, -0.2) is 25.0 Å². The summed E-state index contributed by atoms with van der Waals surface area (Å²) in [6.07, 6.45) is 7.52. The van der Waals surface area contributed by atoms with E-state index in [1.54, 1.807) is 42.7 Å². The number of hydrogen-bond donors (Lipinski definition) is 2. The van der Waals surface area contributed by atoms with Crippen LogP contribution in [0.2, 0.25) is 5.02 Å². The number of aromatic nitrogens is 3. The summed E-state index contributed by atoms with van der Waals surface area (Å²) in [4.78, 5) is 41.7. The topological polar surface area (TPSA) is 106 Å². The van der Waals surface area contributed by atoms with Crippen LogP contribution in [0.5, 0.6) is 5.75 Å². The summed E-state index contributed by atoms with van der Waals surface area (Å²) in [5.41, 5.74) is -0.229. The molecule has 8 nitrogen and oxygen atoms in total. The van der Waals surface area contributed by atoms with E-state index in [0.29, 0.717) is 10.6 Å². The molecule has 3 aromatic heterocycles. The molecule has 0 aliphatic rings. The zero-order valence-corrected chi connectivity index (χ0v) is 16.9. The van der Waals surface area contributed by atoms with Gasteiger partial charge in [0.25, 0.3) is 5.56 Å². The van der Waals surface area contributed by atoms with Gasteiger partial charge in [0.15, 0.2) is 11.3 Å². The third-order valence-electron chi connectivity index (χ3n) is 4.68. The van der Waals surface area contributed by atoms with Gasteiger partial charge in [-0.15, -0.1) is 0 Å². The molecule has 3 heterocycles. The largest absolute Gasteiger partial charge is 0.502 e. The van der Waals surface area contributed by atoms with Crippen molar-refractivity contribution in [3.63, 3.8) is 0 Å². The van der Waals surface area contributed by atoms with Gasteiger partial charge in [0.2, 0.25) is 11.3 Å². The standard InChI is InChI=1S/C22H17ClN4O4/c23-16-5-1-3-15(9-16)12-27-8-7-26-13-17(20(29)21(30)19(26)22(27)31)25-18(28)10-14-4-2-6-24-11-14/h1-9,11,13,30H,10,12H2,(H,25,28). The second kappa shape index (κ2) is 8.45. The van der Waals surface area contributed by atoms with Crippen molar-refractivity contribution in [3.8, 4) is 5.75 Å². The molecule has 31 heavy (non-hydrogen) atoms. The molecule has 9 heteroatoms. The van der Waals surface area contributed by atoms with Crippen LogP contribution < -0.4 is 16.3 Å². The zero-order valence-electron chi connectivity index (χ0n) is 16.2. The highest BCUT2D eigenvalue weighted by Crippen LogP contribution is 2.15. The van der Waals surface area contributed by atoms with E-state index in [1.165, 1.54) is 27.6 Å². The van der Waals surface area contributed by atoms with Gasteiger partial charge in [-0.3, -0.25) is 19.4 Å². The molecule has 0 saturated heterocycles. The van der Waals surface area contributed by atoms with Crippen molar-refractivity contribution < 1.29 is 9.90 Å². The zero-order chi connectivity index (χ0) is 22.0. The molecular weight excluding hydrogens is 420 g/mol. The molecule has 0 spiro atoms. The van der Waals surface area contributed by atoms with Gasteiger partial charge in [-0.25, -0.2) is 0 Å². The number of benzene rings is 1. The van der Waals surface area contributed by atoms with E-state index in [0.717, 1.165) is 5.56 Å². The Morgan fingerprint density at radius 2 is 1.94 bits per heavy atom. The first kappa shape index (κ1) is 20.4. The maximum Gasteiger partial charge on any atom is 0.279 e. The lowest BCUT2D eigenvalue weighted by Crippen LogP contribution is -2.26. The average molecular weight is 437 g/mol. The van der Waals surface area contributed by atoms with Gasteiger partial charge in [0, 0.05) is 36.0 Å². The predicted octanol–water partition coefficient (Wildman–Crippen LogP) is 2.44. The van der Waals surface area contributed by atoms with Gasteiger partial charge < -0.3 is 19.4 Å². The number of fused-ring (bicyclic) bond motifs is 1. The van der Waals surface area contributed by atoms with Crippen LogP contribution in [0.15, 0.2) is 77.0 Å². The van der Waals surface area contributed by atoms with Gasteiger partial charge in [0.05, 0.1) is 13.0 Å². The molecule has 0 radical (unpaired) electrons. The highest BCUT2D eigenvalue weighted by Gasteiger charge is 2.16. The van der Waals surface area contributed by atoms with Crippen molar-refractivity contribution >= 4 is 28.7 Å².